The van der Waals surface area contributed by atoms with Crippen LogP contribution < -0.4 is 5.73 Å². The van der Waals surface area contributed by atoms with Crippen LogP contribution in [0.5, 0.6) is 0 Å². The number of benzene rings is 1. The summed E-state index contributed by atoms with van der Waals surface area (Å²) in [6, 6.07) is 4.13. The smallest absolute Gasteiger partial charge is 0.150 e. The van der Waals surface area contributed by atoms with Crippen LogP contribution in [0.25, 0.3) is 21.1 Å². The number of halogens is 2. The molecule has 0 bridgehead atoms. The van der Waals surface area contributed by atoms with Crippen molar-refractivity contribution in [3.05, 3.63) is 29.3 Å². The molecule has 2 heterocycles. The number of hydrogen-bond acceptors (Lipinski definition) is 3. The quantitative estimate of drug-likeness (QED) is 0.731. The van der Waals surface area contributed by atoms with Gasteiger partial charge in [0.15, 0.2) is 0 Å². The highest BCUT2D eigenvalue weighted by molar-refractivity contribution is 7.24. The molecule has 0 saturated carbocycles. The van der Waals surface area contributed by atoms with Gasteiger partial charge in [-0.05, 0) is 19.9 Å². The molecule has 0 amide bonds. The maximum absolute atomic E-state index is 14.1. The molecule has 2 N–H and O–H groups in total. The van der Waals surface area contributed by atoms with Crippen LogP contribution in [0.2, 0.25) is 0 Å². The Labute approximate surface area is 117 Å². The van der Waals surface area contributed by atoms with E-state index in [2.05, 4.69) is 6.07 Å². The number of thiophene rings is 1. The van der Waals surface area contributed by atoms with Gasteiger partial charge in [-0.1, -0.05) is 0 Å². The van der Waals surface area contributed by atoms with Crippen LogP contribution in [0.1, 0.15) is 25.5 Å². The maximum Gasteiger partial charge on any atom is 0.150 e. The highest BCUT2D eigenvalue weighted by atomic mass is 32.1. The van der Waals surface area contributed by atoms with Crippen molar-refractivity contribution in [2.45, 2.75) is 19.9 Å². The molecule has 1 aromatic carbocycles. The van der Waals surface area contributed by atoms with E-state index >= 15 is 0 Å². The fraction of sp³-hybridized carbons (Fsp3) is 0.214. The summed E-state index contributed by atoms with van der Waals surface area (Å²) in [4.78, 5) is 0. The lowest BCUT2D eigenvalue weighted by Gasteiger charge is -2.12. The van der Waals surface area contributed by atoms with Gasteiger partial charge in [0.2, 0.25) is 0 Å². The van der Waals surface area contributed by atoms with E-state index in [1.54, 1.807) is 4.57 Å². The molecule has 0 aliphatic heterocycles. The molecule has 6 heteroatoms. The van der Waals surface area contributed by atoms with E-state index in [9.17, 15) is 14.0 Å². The Hall–Kier alpha value is -2.13. The van der Waals surface area contributed by atoms with Crippen molar-refractivity contribution in [3.8, 4) is 6.07 Å². The number of rotatable bonds is 1. The van der Waals surface area contributed by atoms with Crippen molar-refractivity contribution in [3.63, 3.8) is 0 Å². The Morgan fingerprint density at radius 2 is 2.00 bits per heavy atom. The highest BCUT2D eigenvalue weighted by Crippen LogP contribution is 2.42. The lowest BCUT2D eigenvalue weighted by atomic mass is 10.2. The molecule has 0 atom stereocenters. The minimum absolute atomic E-state index is 0.0731. The third-order valence-corrected chi connectivity index (χ3v) is 4.33. The number of nitrogen functional groups attached to an aromatic ring is 1. The van der Waals surface area contributed by atoms with Crippen LogP contribution in [0.15, 0.2) is 12.1 Å². The first-order chi connectivity index (χ1) is 9.45. The molecule has 0 saturated heterocycles. The summed E-state index contributed by atoms with van der Waals surface area (Å²) in [6.07, 6.45) is 0. The van der Waals surface area contributed by atoms with Gasteiger partial charge < -0.3 is 10.3 Å². The minimum Gasteiger partial charge on any atom is -0.389 e. The molecular formula is C14H11F2N3S. The summed E-state index contributed by atoms with van der Waals surface area (Å²) >= 11 is 1.19. The number of aromatic nitrogens is 1. The zero-order chi connectivity index (χ0) is 14.6. The molecular weight excluding hydrogens is 280 g/mol. The lowest BCUT2D eigenvalue weighted by molar-refractivity contribution is 0.575. The average molecular weight is 291 g/mol. The van der Waals surface area contributed by atoms with Crippen LogP contribution in [-0.2, 0) is 0 Å². The first-order valence-electron chi connectivity index (χ1n) is 6.06. The van der Waals surface area contributed by atoms with Crippen LogP contribution >= 0.6 is 11.3 Å². The van der Waals surface area contributed by atoms with Gasteiger partial charge in [0, 0.05) is 17.5 Å². The Balaban J connectivity index is 2.66. The fourth-order valence-electron chi connectivity index (χ4n) is 2.57. The molecule has 0 aliphatic rings. The molecule has 2 aromatic heterocycles. The van der Waals surface area contributed by atoms with Crippen molar-refractivity contribution >= 4 is 37.5 Å². The first kappa shape index (κ1) is 12.9. The van der Waals surface area contributed by atoms with Crippen LogP contribution in [0.4, 0.5) is 13.8 Å². The predicted molar refractivity (Wildman–Crippen MR) is 76.7 cm³/mol. The second-order valence-corrected chi connectivity index (χ2v) is 5.93. The summed E-state index contributed by atoms with van der Waals surface area (Å²) in [7, 11) is 0. The second-order valence-electron chi connectivity index (χ2n) is 4.88. The monoisotopic (exact) mass is 291 g/mol. The van der Waals surface area contributed by atoms with E-state index in [1.165, 1.54) is 17.4 Å². The van der Waals surface area contributed by atoms with Gasteiger partial charge >= 0.3 is 0 Å². The third kappa shape index (κ3) is 1.53. The molecule has 102 valence electrons. The Kier molecular flexibility index (Phi) is 2.69. The lowest BCUT2D eigenvalue weighted by Crippen LogP contribution is -2.02. The van der Waals surface area contributed by atoms with E-state index in [0.29, 0.717) is 31.7 Å². The van der Waals surface area contributed by atoms with Crippen molar-refractivity contribution < 1.29 is 8.78 Å². The molecule has 3 nitrogen and oxygen atoms in total. The van der Waals surface area contributed by atoms with E-state index in [0.717, 1.165) is 6.07 Å². The van der Waals surface area contributed by atoms with Gasteiger partial charge in [-0.3, -0.25) is 0 Å². The number of fused-ring (bicyclic) bond motifs is 3. The molecule has 0 unspecified atom stereocenters. The van der Waals surface area contributed by atoms with Crippen LogP contribution in [0, 0.1) is 23.0 Å². The maximum atomic E-state index is 14.1. The summed E-state index contributed by atoms with van der Waals surface area (Å²) in [5.41, 5.74) is 7.07. The molecule has 3 aromatic rings. The van der Waals surface area contributed by atoms with Gasteiger partial charge in [-0.2, -0.15) is 5.26 Å². The van der Waals surface area contributed by atoms with Crippen LogP contribution in [0.3, 0.4) is 0 Å². The molecule has 0 spiro atoms. The summed E-state index contributed by atoms with van der Waals surface area (Å²) in [5, 5.41) is 10.1. The van der Waals surface area contributed by atoms with Gasteiger partial charge in [-0.25, -0.2) is 8.78 Å². The van der Waals surface area contributed by atoms with Gasteiger partial charge in [0.25, 0.3) is 0 Å². The highest BCUT2D eigenvalue weighted by Gasteiger charge is 2.23. The molecule has 20 heavy (non-hydrogen) atoms. The zero-order valence-corrected chi connectivity index (χ0v) is 11.7. The number of anilines is 1. The standard InChI is InChI=1S/C14H11F2N3S/c1-6(2)19-11-8(3-7(15)4-10(11)16)13-12(19)9(5-17)14(18)20-13/h3-4,6H,18H2,1-2H3. The molecule has 0 radical (unpaired) electrons. The zero-order valence-electron chi connectivity index (χ0n) is 10.9. The predicted octanol–water partition coefficient (Wildman–Crippen LogP) is 4.17. The third-order valence-electron chi connectivity index (χ3n) is 3.29. The summed E-state index contributed by atoms with van der Waals surface area (Å²) in [5.74, 6) is -1.26. The molecule has 0 aliphatic carbocycles. The van der Waals surface area contributed by atoms with E-state index in [-0.39, 0.29) is 6.04 Å². The van der Waals surface area contributed by atoms with E-state index in [4.69, 9.17) is 5.73 Å². The topological polar surface area (TPSA) is 54.7 Å². The van der Waals surface area contributed by atoms with Gasteiger partial charge in [0.1, 0.15) is 28.3 Å². The number of hydrogen-bond donors (Lipinski definition) is 1. The Morgan fingerprint density at radius 1 is 1.30 bits per heavy atom. The van der Waals surface area contributed by atoms with Crippen LogP contribution in [-0.4, -0.2) is 4.57 Å². The molecule has 0 fully saturated rings. The van der Waals surface area contributed by atoms with E-state index < -0.39 is 11.6 Å². The molecule has 3 rings (SSSR count). The number of nitrogens with zero attached hydrogens (tertiary/aromatic N) is 2. The minimum atomic E-state index is -0.636. The summed E-state index contributed by atoms with van der Waals surface area (Å²) in [6.45, 7) is 3.77. The fourth-order valence-corrected chi connectivity index (χ4v) is 3.60. The van der Waals surface area contributed by atoms with Gasteiger partial charge in [-0.15, -0.1) is 11.3 Å². The largest absolute Gasteiger partial charge is 0.389 e. The summed E-state index contributed by atoms with van der Waals surface area (Å²) < 4.78 is 30.0. The van der Waals surface area contributed by atoms with Crippen molar-refractivity contribution in [2.75, 3.05) is 5.73 Å². The van der Waals surface area contributed by atoms with Gasteiger partial charge in [0.05, 0.1) is 15.7 Å². The van der Waals surface area contributed by atoms with Crippen molar-refractivity contribution in [2.24, 2.45) is 0 Å². The number of nitrogens with two attached hydrogens (primary N) is 1. The SMILES string of the molecule is CC(C)n1c2c(F)cc(F)cc2c2sc(N)c(C#N)c21. The van der Waals surface area contributed by atoms with E-state index in [1.807, 2.05) is 13.8 Å². The Morgan fingerprint density at radius 3 is 2.60 bits per heavy atom. The normalized spacial score (nSPS) is 11.6. The van der Waals surface area contributed by atoms with Crippen molar-refractivity contribution in [1.29, 1.82) is 5.26 Å². The number of nitriles is 1. The Bertz CT molecular complexity index is 884. The first-order valence-corrected chi connectivity index (χ1v) is 6.88. The average Bonchev–Trinajstić information content (AvgIpc) is 2.82. The van der Waals surface area contributed by atoms with Crippen molar-refractivity contribution in [1.82, 2.24) is 4.57 Å². The second kappa shape index (κ2) is 4.18.